The van der Waals surface area contributed by atoms with E-state index in [0.717, 1.165) is 16.9 Å². The zero-order valence-electron chi connectivity index (χ0n) is 24.2. The predicted octanol–water partition coefficient (Wildman–Crippen LogP) is 5.41. The van der Waals surface area contributed by atoms with Crippen LogP contribution in [0.5, 0.6) is 17.6 Å². The number of anilines is 1. The molecule has 10 nitrogen and oxygen atoms in total. The highest BCUT2D eigenvalue weighted by molar-refractivity contribution is 7.18. The van der Waals surface area contributed by atoms with Crippen molar-refractivity contribution in [2.45, 2.75) is 56.8 Å². The van der Waals surface area contributed by atoms with E-state index in [9.17, 15) is 27.1 Å². The molecule has 2 N–H and O–H groups in total. The van der Waals surface area contributed by atoms with Crippen LogP contribution in [0.3, 0.4) is 0 Å². The van der Waals surface area contributed by atoms with Crippen LogP contribution >= 0.6 is 23.7 Å². The van der Waals surface area contributed by atoms with Crippen LogP contribution in [-0.4, -0.2) is 77.5 Å². The van der Waals surface area contributed by atoms with Crippen molar-refractivity contribution in [3.05, 3.63) is 46.8 Å². The standard InChI is InChI=1S/C28H29F5N6O4S.ClH/c1-39(23-18-10-17(12-28(31,32)33)44-25(18)36-27(35-23)42-3)20-8-16(9-21(20)40)34-13-14-4-6-15(7-5-14)19-11-22(41-2)24(38-37-19)43-26(29)30;/h4-7,10-11,16,20-21,26,34,40H,8-9,12-13H2,1-3H3;1H/t16-,20+,21-;/m1./s1. The number of fused-ring (bicyclic) bond motifs is 1. The average Bonchev–Trinajstić information content (AvgIpc) is 3.56. The lowest BCUT2D eigenvalue weighted by Gasteiger charge is -2.28. The van der Waals surface area contributed by atoms with E-state index in [1.807, 2.05) is 24.3 Å². The van der Waals surface area contributed by atoms with Gasteiger partial charge < -0.3 is 29.5 Å². The van der Waals surface area contributed by atoms with E-state index >= 15 is 0 Å². The summed E-state index contributed by atoms with van der Waals surface area (Å²) in [6.45, 7) is -2.55. The summed E-state index contributed by atoms with van der Waals surface area (Å²) >= 11 is 0.940. The minimum Gasteiger partial charge on any atom is -0.491 e. The van der Waals surface area contributed by atoms with Gasteiger partial charge in [-0.3, -0.25) is 0 Å². The summed E-state index contributed by atoms with van der Waals surface area (Å²) in [6.07, 6.45) is -5.11. The van der Waals surface area contributed by atoms with Crippen LogP contribution in [0.25, 0.3) is 21.5 Å². The summed E-state index contributed by atoms with van der Waals surface area (Å²) in [6, 6.07) is 9.95. The molecule has 244 valence electrons. The number of aliphatic hydroxyl groups is 1. The van der Waals surface area contributed by atoms with Gasteiger partial charge in [-0.25, -0.2) is 0 Å². The molecule has 3 atom stereocenters. The third kappa shape index (κ3) is 8.17. The first-order chi connectivity index (χ1) is 20.9. The zero-order chi connectivity index (χ0) is 31.6. The van der Waals surface area contributed by atoms with Crippen LogP contribution in [0.4, 0.5) is 27.8 Å². The third-order valence-corrected chi connectivity index (χ3v) is 8.31. The molecule has 0 radical (unpaired) electrons. The minimum atomic E-state index is -4.35. The van der Waals surface area contributed by atoms with Gasteiger partial charge in [0, 0.05) is 36.1 Å². The first kappa shape index (κ1) is 34.3. The summed E-state index contributed by atoms with van der Waals surface area (Å²) < 4.78 is 78.9. The van der Waals surface area contributed by atoms with Gasteiger partial charge in [0.1, 0.15) is 10.6 Å². The second-order valence-corrected chi connectivity index (χ2v) is 11.3. The summed E-state index contributed by atoms with van der Waals surface area (Å²) in [5.41, 5.74) is 2.06. The molecule has 0 unspecified atom stereocenters. The van der Waals surface area contributed by atoms with Gasteiger partial charge in [-0.2, -0.15) is 31.9 Å². The number of thiophene rings is 1. The SMILES string of the molecule is COc1nc(N(C)[C@H]2C[C@@H](NCc3ccc(-c4cc(OC)c(OC(F)F)nn4)cc3)C[C@H]2O)c2cc(CC(F)(F)F)sc2n1.Cl. The molecule has 3 heterocycles. The van der Waals surface area contributed by atoms with Gasteiger partial charge in [0.25, 0.3) is 5.88 Å². The monoisotopic (exact) mass is 676 g/mol. The number of hydrogen-bond acceptors (Lipinski definition) is 11. The van der Waals surface area contributed by atoms with Gasteiger partial charge in [-0.15, -0.1) is 33.9 Å². The lowest BCUT2D eigenvalue weighted by atomic mass is 10.1. The average molecular weight is 677 g/mol. The van der Waals surface area contributed by atoms with E-state index in [4.69, 9.17) is 9.47 Å². The molecule has 0 amide bonds. The molecule has 1 aromatic carbocycles. The third-order valence-electron chi connectivity index (χ3n) is 7.28. The molecular weight excluding hydrogens is 647 g/mol. The lowest BCUT2D eigenvalue weighted by Crippen LogP contribution is -2.38. The van der Waals surface area contributed by atoms with Crippen molar-refractivity contribution in [3.63, 3.8) is 0 Å². The number of nitrogens with zero attached hydrogens (tertiary/aromatic N) is 5. The molecule has 0 bridgehead atoms. The molecule has 0 saturated heterocycles. The summed E-state index contributed by atoms with van der Waals surface area (Å²) in [4.78, 5) is 10.9. The second-order valence-electron chi connectivity index (χ2n) is 10.2. The molecule has 1 fully saturated rings. The smallest absolute Gasteiger partial charge is 0.393 e. The molecule has 17 heteroatoms. The largest absolute Gasteiger partial charge is 0.491 e. The highest BCUT2D eigenvalue weighted by Crippen LogP contribution is 2.37. The van der Waals surface area contributed by atoms with Crippen molar-refractivity contribution < 1.29 is 41.3 Å². The number of hydrogen-bond donors (Lipinski definition) is 2. The molecule has 3 aromatic heterocycles. The van der Waals surface area contributed by atoms with Crippen LogP contribution in [0.2, 0.25) is 0 Å². The second kappa shape index (κ2) is 14.2. The Morgan fingerprint density at radius 2 is 1.80 bits per heavy atom. The summed E-state index contributed by atoms with van der Waals surface area (Å²) in [5.74, 6) is 0.0205. The van der Waals surface area contributed by atoms with E-state index in [2.05, 4.69) is 30.2 Å². The Labute approximate surface area is 265 Å². The number of aliphatic hydroxyl groups excluding tert-OH is 1. The van der Waals surface area contributed by atoms with Crippen LogP contribution < -0.4 is 24.4 Å². The Kier molecular flexibility index (Phi) is 10.8. The van der Waals surface area contributed by atoms with Crippen LogP contribution in [0.15, 0.2) is 36.4 Å². The van der Waals surface area contributed by atoms with Gasteiger partial charge >= 0.3 is 18.8 Å². The molecule has 5 rings (SSSR count). The Bertz CT molecular complexity index is 1600. The van der Waals surface area contributed by atoms with Crippen molar-refractivity contribution in [2.24, 2.45) is 0 Å². The molecule has 1 saturated carbocycles. The number of rotatable bonds is 11. The number of halogens is 6. The fourth-order valence-electron chi connectivity index (χ4n) is 5.19. The lowest BCUT2D eigenvalue weighted by molar-refractivity contribution is -0.126. The van der Waals surface area contributed by atoms with Gasteiger partial charge in [0.05, 0.1) is 43.9 Å². The maximum atomic E-state index is 13.0. The Hall–Kier alpha value is -3.60. The Morgan fingerprint density at radius 1 is 1.07 bits per heavy atom. The van der Waals surface area contributed by atoms with Crippen LogP contribution in [-0.2, 0) is 13.0 Å². The van der Waals surface area contributed by atoms with Crippen LogP contribution in [0.1, 0.15) is 23.3 Å². The Morgan fingerprint density at radius 3 is 2.44 bits per heavy atom. The molecule has 0 spiro atoms. The van der Waals surface area contributed by atoms with E-state index < -0.39 is 31.2 Å². The summed E-state index contributed by atoms with van der Waals surface area (Å²) in [7, 11) is 4.46. The molecule has 4 aromatic rings. The van der Waals surface area contributed by atoms with E-state index in [1.54, 1.807) is 11.9 Å². The molecule has 1 aliphatic rings. The predicted molar refractivity (Wildman–Crippen MR) is 160 cm³/mol. The van der Waals surface area contributed by atoms with Crippen LogP contribution in [0, 0.1) is 0 Å². The zero-order valence-corrected chi connectivity index (χ0v) is 25.8. The summed E-state index contributed by atoms with van der Waals surface area (Å²) in [5, 5.41) is 22.5. The Balaban J connectivity index is 0.00000461. The van der Waals surface area contributed by atoms with Crippen molar-refractivity contribution in [1.82, 2.24) is 25.5 Å². The number of methoxy groups -OCH3 is 2. The number of benzene rings is 1. The van der Waals surface area contributed by atoms with Crippen molar-refractivity contribution >= 4 is 39.8 Å². The topological polar surface area (TPSA) is 115 Å². The quantitative estimate of drug-likeness (QED) is 0.200. The first-order valence-electron chi connectivity index (χ1n) is 13.5. The number of likely N-dealkylation sites (N-methyl/N-ethyl adjacent to an activating group) is 1. The van der Waals surface area contributed by atoms with E-state index in [-0.39, 0.29) is 41.1 Å². The minimum absolute atomic E-state index is 0. The van der Waals surface area contributed by atoms with Crippen molar-refractivity contribution in [2.75, 3.05) is 26.2 Å². The van der Waals surface area contributed by atoms with E-state index in [0.29, 0.717) is 46.7 Å². The van der Waals surface area contributed by atoms with Crippen molar-refractivity contribution in [1.29, 1.82) is 0 Å². The fraction of sp³-hybridized carbons (Fsp3) is 0.429. The van der Waals surface area contributed by atoms with E-state index in [1.165, 1.54) is 26.4 Å². The highest BCUT2D eigenvalue weighted by atomic mass is 35.5. The van der Waals surface area contributed by atoms with Crippen molar-refractivity contribution in [3.8, 4) is 28.9 Å². The number of alkyl halides is 5. The molecule has 1 aliphatic carbocycles. The normalized spacial score (nSPS) is 18.2. The molecule has 0 aliphatic heterocycles. The van der Waals surface area contributed by atoms with Gasteiger partial charge in [0.2, 0.25) is 0 Å². The van der Waals surface area contributed by atoms with Gasteiger partial charge in [-0.05, 0) is 24.5 Å². The maximum Gasteiger partial charge on any atom is 0.393 e. The first-order valence-corrected chi connectivity index (χ1v) is 14.3. The molecular formula is C28H30ClF5N6O4S. The number of ether oxygens (including phenoxy) is 3. The van der Waals surface area contributed by atoms with Gasteiger partial charge in [-0.1, -0.05) is 24.3 Å². The maximum absolute atomic E-state index is 13.0. The fourth-order valence-corrected chi connectivity index (χ4v) is 6.23. The number of nitrogens with one attached hydrogen (secondary N) is 1. The number of aromatic nitrogens is 4. The molecule has 45 heavy (non-hydrogen) atoms. The highest BCUT2D eigenvalue weighted by Gasteiger charge is 2.37. The van der Waals surface area contributed by atoms with Gasteiger partial charge in [0.15, 0.2) is 5.75 Å².